The van der Waals surface area contributed by atoms with Crippen LogP contribution in [-0.4, -0.2) is 25.4 Å². The van der Waals surface area contributed by atoms with E-state index in [1.54, 1.807) is 12.5 Å². The van der Waals surface area contributed by atoms with Crippen molar-refractivity contribution in [1.82, 2.24) is 0 Å². The smallest absolute Gasteiger partial charge is 0.127 e. The Balaban J connectivity index is 1.60. The second-order valence-electron chi connectivity index (χ2n) is 6.92. The van der Waals surface area contributed by atoms with Gasteiger partial charge in [-0.05, 0) is 48.9 Å². The van der Waals surface area contributed by atoms with Gasteiger partial charge >= 0.3 is 0 Å². The average molecular weight is 276 g/mol. The monoisotopic (exact) mass is 276 g/mol. The molecule has 0 saturated heterocycles. The van der Waals surface area contributed by atoms with Crippen LogP contribution < -0.4 is 0 Å². The molecule has 4 aliphatic carbocycles. The first-order valence-electron chi connectivity index (χ1n) is 7.85. The molecule has 3 heteroatoms. The molecule has 0 radical (unpaired) electrons. The Morgan fingerprint density at radius 1 is 0.850 bits per heavy atom. The Morgan fingerprint density at radius 3 is 2.30 bits per heavy atom. The molecule has 4 aliphatic rings. The number of ether oxygens (including phenoxy) is 3. The quantitative estimate of drug-likeness (QED) is 0.571. The van der Waals surface area contributed by atoms with Crippen LogP contribution in [0, 0.1) is 35.5 Å². The van der Waals surface area contributed by atoms with Gasteiger partial charge in [0.1, 0.15) is 12.2 Å². The molecule has 3 nitrogen and oxygen atoms in total. The normalized spacial score (nSPS) is 54.8. The first kappa shape index (κ1) is 12.8. The Morgan fingerprint density at radius 2 is 1.60 bits per heavy atom. The lowest BCUT2D eigenvalue weighted by Gasteiger charge is -2.43. The summed E-state index contributed by atoms with van der Waals surface area (Å²) in [6, 6.07) is 0. The second-order valence-corrected chi connectivity index (χ2v) is 6.92. The first-order chi connectivity index (χ1) is 9.80. The molecule has 0 aliphatic heterocycles. The molecular formula is C17H24O3. The molecule has 4 saturated carbocycles. The third kappa shape index (κ3) is 1.45. The van der Waals surface area contributed by atoms with E-state index < -0.39 is 0 Å². The Hall–Kier alpha value is -0.960. The van der Waals surface area contributed by atoms with E-state index in [1.807, 2.05) is 7.11 Å². The van der Waals surface area contributed by atoms with Gasteiger partial charge in [-0.15, -0.1) is 0 Å². The van der Waals surface area contributed by atoms with E-state index in [-0.39, 0.29) is 12.2 Å². The molecule has 4 rings (SSSR count). The van der Waals surface area contributed by atoms with E-state index in [4.69, 9.17) is 14.2 Å². The van der Waals surface area contributed by atoms with Crippen LogP contribution in [0.4, 0.5) is 0 Å². The van der Waals surface area contributed by atoms with Crippen molar-refractivity contribution >= 4 is 0 Å². The van der Waals surface area contributed by atoms with Crippen LogP contribution in [0.25, 0.3) is 0 Å². The summed E-state index contributed by atoms with van der Waals surface area (Å²) in [6.45, 7) is 7.47. The standard InChI is InChI=1S/C17H24O3/c1-4-19-13-7-9-6-10(13)15-12-8-11(14(9)15)17(20-5-2)16(12)18-3/h4-5,9-17H,1-2,6-8H2,3H3. The van der Waals surface area contributed by atoms with Gasteiger partial charge in [-0.1, -0.05) is 13.2 Å². The molecule has 0 aromatic carbocycles. The molecular weight excluding hydrogens is 252 g/mol. The zero-order valence-electron chi connectivity index (χ0n) is 12.1. The van der Waals surface area contributed by atoms with Gasteiger partial charge < -0.3 is 14.2 Å². The molecule has 4 fully saturated rings. The summed E-state index contributed by atoms with van der Waals surface area (Å²) >= 11 is 0. The van der Waals surface area contributed by atoms with Gasteiger partial charge in [0, 0.05) is 13.0 Å². The maximum Gasteiger partial charge on any atom is 0.127 e. The molecule has 0 heterocycles. The van der Waals surface area contributed by atoms with Gasteiger partial charge in [-0.2, -0.15) is 0 Å². The van der Waals surface area contributed by atoms with Gasteiger partial charge in [-0.25, -0.2) is 0 Å². The highest BCUT2D eigenvalue weighted by Crippen LogP contribution is 2.68. The third-order valence-electron chi connectivity index (χ3n) is 6.57. The summed E-state index contributed by atoms with van der Waals surface area (Å²) in [5.41, 5.74) is 0. The Bertz CT molecular complexity index is 420. The number of rotatable bonds is 5. The lowest BCUT2D eigenvalue weighted by molar-refractivity contribution is -0.105. The molecule has 0 amide bonds. The minimum absolute atomic E-state index is 0.224. The van der Waals surface area contributed by atoms with Crippen molar-refractivity contribution in [3.63, 3.8) is 0 Å². The lowest BCUT2D eigenvalue weighted by Crippen LogP contribution is -2.48. The molecule has 0 spiro atoms. The summed E-state index contributed by atoms with van der Waals surface area (Å²) in [6.07, 6.45) is 7.89. The van der Waals surface area contributed by atoms with Crippen molar-refractivity contribution < 1.29 is 14.2 Å². The lowest BCUT2D eigenvalue weighted by atomic mass is 9.68. The van der Waals surface area contributed by atoms with Crippen molar-refractivity contribution in [2.75, 3.05) is 7.11 Å². The fourth-order valence-electron chi connectivity index (χ4n) is 6.33. The number of fused-ring (bicyclic) bond motifs is 9. The predicted octanol–water partition coefficient (Wildman–Crippen LogP) is 2.98. The fourth-order valence-corrected chi connectivity index (χ4v) is 6.33. The SMILES string of the molecule is C=COC1CC2CC1C1C3CC(C(OC=C)C3OC)C21. The molecule has 0 aromatic heterocycles. The molecule has 110 valence electrons. The van der Waals surface area contributed by atoms with Crippen LogP contribution in [0.5, 0.6) is 0 Å². The van der Waals surface area contributed by atoms with Crippen LogP contribution in [0.15, 0.2) is 25.7 Å². The topological polar surface area (TPSA) is 27.7 Å². The summed E-state index contributed by atoms with van der Waals surface area (Å²) in [5.74, 6) is 4.43. The van der Waals surface area contributed by atoms with E-state index in [1.165, 1.54) is 19.3 Å². The van der Waals surface area contributed by atoms with Crippen LogP contribution >= 0.6 is 0 Å². The van der Waals surface area contributed by atoms with Crippen LogP contribution in [-0.2, 0) is 14.2 Å². The number of methoxy groups -OCH3 is 1. The number of hydrogen-bond acceptors (Lipinski definition) is 3. The first-order valence-corrected chi connectivity index (χ1v) is 7.85. The second kappa shape index (κ2) is 4.52. The van der Waals surface area contributed by atoms with E-state index in [0.29, 0.717) is 23.9 Å². The molecule has 20 heavy (non-hydrogen) atoms. The highest BCUT2D eigenvalue weighted by atomic mass is 16.5. The van der Waals surface area contributed by atoms with Crippen molar-refractivity contribution in [1.29, 1.82) is 0 Å². The average Bonchev–Trinajstić information content (AvgIpc) is 3.14. The largest absolute Gasteiger partial charge is 0.498 e. The summed E-state index contributed by atoms with van der Waals surface area (Å²) in [7, 11) is 1.82. The maximum absolute atomic E-state index is 5.82. The van der Waals surface area contributed by atoms with Crippen LogP contribution in [0.2, 0.25) is 0 Å². The third-order valence-corrected chi connectivity index (χ3v) is 6.57. The number of hydrogen-bond donors (Lipinski definition) is 0. The molecule has 9 unspecified atom stereocenters. The molecule has 9 atom stereocenters. The fraction of sp³-hybridized carbons (Fsp3) is 0.765. The van der Waals surface area contributed by atoms with Crippen molar-refractivity contribution in [2.45, 2.75) is 37.6 Å². The van der Waals surface area contributed by atoms with Gasteiger partial charge in [0.15, 0.2) is 0 Å². The zero-order chi connectivity index (χ0) is 13.9. The highest BCUT2D eigenvalue weighted by Gasteiger charge is 2.69. The van der Waals surface area contributed by atoms with Gasteiger partial charge in [-0.3, -0.25) is 0 Å². The van der Waals surface area contributed by atoms with Crippen molar-refractivity contribution in [3.05, 3.63) is 25.7 Å². The molecule has 0 N–H and O–H groups in total. The van der Waals surface area contributed by atoms with Gasteiger partial charge in [0.2, 0.25) is 0 Å². The maximum atomic E-state index is 5.82. The van der Waals surface area contributed by atoms with E-state index in [0.717, 1.165) is 17.8 Å². The van der Waals surface area contributed by atoms with Crippen LogP contribution in [0.1, 0.15) is 19.3 Å². The highest BCUT2D eigenvalue weighted by molar-refractivity contribution is 5.17. The summed E-state index contributed by atoms with van der Waals surface area (Å²) < 4.78 is 17.4. The molecule has 0 aromatic rings. The van der Waals surface area contributed by atoms with Gasteiger partial charge in [0.25, 0.3) is 0 Å². The van der Waals surface area contributed by atoms with Crippen molar-refractivity contribution in [2.24, 2.45) is 35.5 Å². The van der Waals surface area contributed by atoms with Crippen LogP contribution in [0.3, 0.4) is 0 Å². The van der Waals surface area contributed by atoms with E-state index >= 15 is 0 Å². The van der Waals surface area contributed by atoms with Crippen molar-refractivity contribution in [3.8, 4) is 0 Å². The summed E-state index contributed by atoms with van der Waals surface area (Å²) in [5, 5.41) is 0. The summed E-state index contributed by atoms with van der Waals surface area (Å²) in [4.78, 5) is 0. The Labute approximate surface area is 121 Å². The predicted molar refractivity (Wildman–Crippen MR) is 75.7 cm³/mol. The van der Waals surface area contributed by atoms with E-state index in [2.05, 4.69) is 13.2 Å². The minimum atomic E-state index is 0.224. The van der Waals surface area contributed by atoms with E-state index in [9.17, 15) is 0 Å². The molecule has 4 bridgehead atoms. The zero-order valence-corrected chi connectivity index (χ0v) is 12.1. The Kier molecular flexibility index (Phi) is 2.88. The van der Waals surface area contributed by atoms with Gasteiger partial charge in [0.05, 0.1) is 18.6 Å². The minimum Gasteiger partial charge on any atom is -0.498 e.